The van der Waals surface area contributed by atoms with E-state index in [0.29, 0.717) is 5.54 Å². The van der Waals surface area contributed by atoms with Gasteiger partial charge >= 0.3 is 0 Å². The Morgan fingerprint density at radius 2 is 2.14 bits per heavy atom. The van der Waals surface area contributed by atoms with Crippen LogP contribution in [0.15, 0.2) is 0 Å². The van der Waals surface area contributed by atoms with Gasteiger partial charge in [-0.05, 0) is 31.7 Å². The van der Waals surface area contributed by atoms with Gasteiger partial charge in [-0.15, -0.1) is 0 Å². The Morgan fingerprint density at radius 1 is 1.43 bits per heavy atom. The van der Waals surface area contributed by atoms with E-state index in [1.54, 1.807) is 0 Å². The number of hydrogen-bond donors (Lipinski definition) is 1. The minimum atomic E-state index is 0.305. The van der Waals surface area contributed by atoms with Crippen LogP contribution in [0.4, 0.5) is 0 Å². The molecule has 0 aliphatic carbocycles. The molecular weight excluding hydrogens is 172 g/mol. The summed E-state index contributed by atoms with van der Waals surface area (Å²) < 4.78 is 0. The van der Waals surface area contributed by atoms with Crippen molar-refractivity contribution in [2.45, 2.75) is 52.0 Å². The van der Waals surface area contributed by atoms with Crippen LogP contribution in [0.3, 0.4) is 0 Å². The average molecular weight is 198 g/mol. The molecule has 1 saturated heterocycles. The summed E-state index contributed by atoms with van der Waals surface area (Å²) in [6.07, 6.45) is 5.05. The first-order chi connectivity index (χ1) is 6.68. The second-order valence-electron chi connectivity index (χ2n) is 4.87. The Kier molecular flexibility index (Phi) is 4.39. The predicted octanol–water partition coefficient (Wildman–Crippen LogP) is 2.24. The first-order valence-electron chi connectivity index (χ1n) is 6.13. The highest BCUT2D eigenvalue weighted by Gasteiger charge is 2.36. The third-order valence-electron chi connectivity index (χ3n) is 3.85. The van der Waals surface area contributed by atoms with Crippen LogP contribution in [0.5, 0.6) is 0 Å². The lowest BCUT2D eigenvalue weighted by atomic mass is 9.89. The van der Waals surface area contributed by atoms with Gasteiger partial charge in [0, 0.05) is 18.6 Å². The van der Waals surface area contributed by atoms with Crippen molar-refractivity contribution in [2.75, 3.05) is 19.6 Å². The van der Waals surface area contributed by atoms with E-state index in [4.69, 9.17) is 5.73 Å². The maximum atomic E-state index is 5.99. The molecule has 2 atom stereocenters. The number of likely N-dealkylation sites (tertiary alicyclic amines) is 1. The molecule has 0 spiro atoms. The first kappa shape index (κ1) is 12.0. The summed E-state index contributed by atoms with van der Waals surface area (Å²) in [4.78, 5) is 2.64. The van der Waals surface area contributed by atoms with E-state index >= 15 is 0 Å². The molecule has 1 fully saturated rings. The van der Waals surface area contributed by atoms with Gasteiger partial charge in [0.05, 0.1) is 0 Å². The van der Waals surface area contributed by atoms with E-state index in [1.165, 1.54) is 38.8 Å². The fraction of sp³-hybridized carbons (Fsp3) is 1.00. The van der Waals surface area contributed by atoms with Crippen molar-refractivity contribution in [3.63, 3.8) is 0 Å². The lowest BCUT2D eigenvalue weighted by molar-refractivity contribution is 0.104. The van der Waals surface area contributed by atoms with Gasteiger partial charge in [0.15, 0.2) is 0 Å². The molecule has 1 rings (SSSR count). The van der Waals surface area contributed by atoms with E-state index < -0.39 is 0 Å². The maximum Gasteiger partial charge on any atom is 0.0329 e. The van der Waals surface area contributed by atoms with Crippen molar-refractivity contribution in [1.29, 1.82) is 0 Å². The smallest absolute Gasteiger partial charge is 0.0329 e. The van der Waals surface area contributed by atoms with Gasteiger partial charge in [-0.25, -0.2) is 0 Å². The SMILES string of the molecule is CCCC(CC)(CN)N1CCC(C)C1. The summed E-state index contributed by atoms with van der Waals surface area (Å²) in [5.41, 5.74) is 6.29. The molecule has 2 nitrogen and oxygen atoms in total. The second-order valence-corrected chi connectivity index (χ2v) is 4.87. The van der Waals surface area contributed by atoms with Crippen LogP contribution in [0.25, 0.3) is 0 Å². The maximum absolute atomic E-state index is 5.99. The third kappa shape index (κ3) is 2.29. The molecule has 0 aromatic rings. The first-order valence-corrected chi connectivity index (χ1v) is 6.13. The van der Waals surface area contributed by atoms with Gasteiger partial charge in [0.1, 0.15) is 0 Å². The molecule has 2 N–H and O–H groups in total. The zero-order valence-corrected chi connectivity index (χ0v) is 10.1. The Bertz CT molecular complexity index is 164. The zero-order chi connectivity index (χ0) is 10.6. The van der Waals surface area contributed by atoms with E-state index in [0.717, 1.165) is 12.5 Å². The summed E-state index contributed by atoms with van der Waals surface area (Å²) in [5.74, 6) is 0.865. The fourth-order valence-corrected chi connectivity index (χ4v) is 2.77. The van der Waals surface area contributed by atoms with Crippen LogP contribution < -0.4 is 5.73 Å². The summed E-state index contributed by atoms with van der Waals surface area (Å²) in [6.45, 7) is 10.2. The van der Waals surface area contributed by atoms with Gasteiger partial charge in [-0.3, -0.25) is 4.90 Å². The monoisotopic (exact) mass is 198 g/mol. The molecule has 0 amide bonds. The van der Waals surface area contributed by atoms with E-state index in [9.17, 15) is 0 Å². The van der Waals surface area contributed by atoms with Crippen LogP contribution >= 0.6 is 0 Å². The van der Waals surface area contributed by atoms with E-state index in [-0.39, 0.29) is 0 Å². The molecule has 2 heteroatoms. The minimum absolute atomic E-state index is 0.305. The molecule has 1 aliphatic heterocycles. The molecule has 0 bridgehead atoms. The molecule has 1 heterocycles. The quantitative estimate of drug-likeness (QED) is 0.734. The van der Waals surface area contributed by atoms with Crippen molar-refractivity contribution < 1.29 is 0 Å². The predicted molar refractivity (Wildman–Crippen MR) is 62.3 cm³/mol. The van der Waals surface area contributed by atoms with E-state index in [2.05, 4.69) is 25.7 Å². The number of hydrogen-bond acceptors (Lipinski definition) is 2. The summed E-state index contributed by atoms with van der Waals surface area (Å²) >= 11 is 0. The van der Waals surface area contributed by atoms with Gasteiger partial charge < -0.3 is 5.73 Å². The number of nitrogens with two attached hydrogens (primary N) is 1. The van der Waals surface area contributed by atoms with Crippen molar-refractivity contribution in [1.82, 2.24) is 4.90 Å². The fourth-order valence-electron chi connectivity index (χ4n) is 2.77. The molecule has 14 heavy (non-hydrogen) atoms. The van der Waals surface area contributed by atoms with E-state index in [1.807, 2.05) is 0 Å². The highest BCUT2D eigenvalue weighted by atomic mass is 15.2. The van der Waals surface area contributed by atoms with Crippen LogP contribution in [0.1, 0.15) is 46.5 Å². The van der Waals surface area contributed by atoms with Crippen molar-refractivity contribution in [2.24, 2.45) is 11.7 Å². The molecule has 0 aromatic carbocycles. The van der Waals surface area contributed by atoms with Crippen molar-refractivity contribution in [3.05, 3.63) is 0 Å². The lowest BCUT2D eigenvalue weighted by Gasteiger charge is -2.41. The highest BCUT2D eigenvalue weighted by molar-refractivity contribution is 4.93. The van der Waals surface area contributed by atoms with Gasteiger partial charge in [-0.1, -0.05) is 27.2 Å². The standard InChI is InChI=1S/C12H26N2/c1-4-7-12(5-2,10-13)14-8-6-11(3)9-14/h11H,4-10,13H2,1-3H3. The normalized spacial score (nSPS) is 27.9. The molecule has 0 aromatic heterocycles. The topological polar surface area (TPSA) is 29.3 Å². The van der Waals surface area contributed by atoms with Gasteiger partial charge in [-0.2, -0.15) is 0 Å². The molecular formula is C12H26N2. The van der Waals surface area contributed by atoms with Crippen molar-refractivity contribution >= 4 is 0 Å². The molecule has 0 saturated carbocycles. The highest BCUT2D eigenvalue weighted by Crippen LogP contribution is 2.30. The molecule has 84 valence electrons. The average Bonchev–Trinajstić information content (AvgIpc) is 2.62. The van der Waals surface area contributed by atoms with Crippen LogP contribution in [0, 0.1) is 5.92 Å². The Hall–Kier alpha value is -0.0800. The Labute approximate surface area is 88.8 Å². The molecule has 0 radical (unpaired) electrons. The van der Waals surface area contributed by atoms with Crippen LogP contribution in [-0.4, -0.2) is 30.1 Å². The molecule has 2 unspecified atom stereocenters. The minimum Gasteiger partial charge on any atom is -0.329 e. The lowest BCUT2D eigenvalue weighted by Crippen LogP contribution is -2.52. The Morgan fingerprint density at radius 3 is 2.50 bits per heavy atom. The zero-order valence-electron chi connectivity index (χ0n) is 10.1. The Balaban J connectivity index is 2.65. The summed E-state index contributed by atoms with van der Waals surface area (Å²) in [7, 11) is 0. The second kappa shape index (κ2) is 5.13. The van der Waals surface area contributed by atoms with Crippen LogP contribution in [-0.2, 0) is 0 Å². The third-order valence-corrected chi connectivity index (χ3v) is 3.85. The van der Waals surface area contributed by atoms with Gasteiger partial charge in [0.2, 0.25) is 0 Å². The number of rotatable bonds is 5. The van der Waals surface area contributed by atoms with Crippen LogP contribution in [0.2, 0.25) is 0 Å². The summed E-state index contributed by atoms with van der Waals surface area (Å²) in [6, 6.07) is 0. The van der Waals surface area contributed by atoms with Crippen molar-refractivity contribution in [3.8, 4) is 0 Å². The largest absolute Gasteiger partial charge is 0.329 e. The van der Waals surface area contributed by atoms with Gasteiger partial charge in [0.25, 0.3) is 0 Å². The summed E-state index contributed by atoms with van der Waals surface area (Å²) in [5, 5.41) is 0. The molecule has 1 aliphatic rings. The number of nitrogens with zero attached hydrogens (tertiary/aromatic N) is 1.